The van der Waals surface area contributed by atoms with Crippen molar-refractivity contribution < 1.29 is 4.79 Å². The van der Waals surface area contributed by atoms with Gasteiger partial charge < -0.3 is 22.1 Å². The van der Waals surface area contributed by atoms with Crippen LogP contribution >= 0.6 is 11.6 Å². The highest BCUT2D eigenvalue weighted by Gasteiger charge is 2.20. The zero-order chi connectivity index (χ0) is 15.6. The van der Waals surface area contributed by atoms with Gasteiger partial charge in [0.05, 0.1) is 6.04 Å². The fraction of sp³-hybridized carbons (Fsp3) is 0.455. The highest BCUT2D eigenvalue weighted by molar-refractivity contribution is 6.31. The molecule has 1 saturated heterocycles. The molecule has 0 aromatic carbocycles. The van der Waals surface area contributed by atoms with Crippen LogP contribution < -0.4 is 22.5 Å². The number of nitrogens with two attached hydrogens (primary N) is 3. The first-order chi connectivity index (χ1) is 9.86. The van der Waals surface area contributed by atoms with E-state index in [2.05, 4.69) is 25.2 Å². The summed E-state index contributed by atoms with van der Waals surface area (Å²) in [6, 6.07) is 0.0636. The molecule has 7 N–H and O–H groups in total. The lowest BCUT2D eigenvalue weighted by Crippen LogP contribution is -2.39. The third-order valence-corrected chi connectivity index (χ3v) is 3.33. The van der Waals surface area contributed by atoms with Gasteiger partial charge in [-0.25, -0.2) is 15.0 Å². The van der Waals surface area contributed by atoms with E-state index in [1.807, 2.05) is 7.05 Å². The van der Waals surface area contributed by atoms with Gasteiger partial charge in [-0.15, -0.1) is 0 Å². The van der Waals surface area contributed by atoms with Gasteiger partial charge in [-0.2, -0.15) is 0 Å². The summed E-state index contributed by atoms with van der Waals surface area (Å²) < 4.78 is 0. The number of nitrogen functional groups attached to an aromatic ring is 2. The van der Waals surface area contributed by atoms with E-state index in [-0.39, 0.29) is 34.5 Å². The second kappa shape index (κ2) is 6.10. The molecule has 21 heavy (non-hydrogen) atoms. The molecular formula is C11H17ClN8O. The molecule has 0 aliphatic carbocycles. The monoisotopic (exact) mass is 312 g/mol. The van der Waals surface area contributed by atoms with E-state index in [9.17, 15) is 4.79 Å². The van der Waals surface area contributed by atoms with Crippen LogP contribution in [0.4, 0.5) is 11.6 Å². The van der Waals surface area contributed by atoms with Crippen molar-refractivity contribution in [2.24, 2.45) is 10.7 Å². The van der Waals surface area contributed by atoms with Gasteiger partial charge >= 0.3 is 0 Å². The zero-order valence-corrected chi connectivity index (χ0v) is 12.3. The van der Waals surface area contributed by atoms with E-state index in [0.717, 1.165) is 19.5 Å². The van der Waals surface area contributed by atoms with Crippen molar-refractivity contribution in [2.75, 3.05) is 31.6 Å². The molecule has 0 radical (unpaired) electrons. The number of hydrogen-bond donors (Lipinski definition) is 4. The standard InChI is InChI=1S/C11H17ClN8O/c1-20-3-2-5(4-20)16-11(15)19-10(21)6-8(13)18-9(14)7(12)17-6/h5H,2-4H2,1H3,(H4,13,14,18)(H3,15,16,19,21). The molecule has 1 unspecified atom stereocenters. The van der Waals surface area contributed by atoms with Crippen molar-refractivity contribution in [1.82, 2.24) is 20.2 Å². The molecule has 1 aromatic heterocycles. The van der Waals surface area contributed by atoms with Gasteiger partial charge in [-0.3, -0.25) is 10.1 Å². The summed E-state index contributed by atoms with van der Waals surface area (Å²) in [5.74, 6) is -0.784. The van der Waals surface area contributed by atoms with Crippen molar-refractivity contribution in [1.29, 1.82) is 0 Å². The summed E-state index contributed by atoms with van der Waals surface area (Å²) in [5, 5.41) is 2.32. The minimum absolute atomic E-state index is 0.00875. The lowest BCUT2D eigenvalue weighted by molar-refractivity contribution is 0.0972. The Balaban J connectivity index is 2.07. The van der Waals surface area contributed by atoms with Crippen LogP contribution in [0.5, 0.6) is 0 Å². The van der Waals surface area contributed by atoms with Crippen LogP contribution in [0, 0.1) is 0 Å². The Morgan fingerprint density at radius 1 is 1.43 bits per heavy atom. The van der Waals surface area contributed by atoms with E-state index in [1.165, 1.54) is 0 Å². The van der Waals surface area contributed by atoms with Crippen molar-refractivity contribution in [3.63, 3.8) is 0 Å². The Kier molecular flexibility index (Phi) is 4.43. The van der Waals surface area contributed by atoms with Gasteiger partial charge in [0.1, 0.15) is 0 Å². The number of amides is 1. The quantitative estimate of drug-likeness (QED) is 0.406. The molecule has 1 amide bonds. The molecule has 0 saturated carbocycles. The SMILES string of the molecule is CN1CCC(N=C(N)NC(=O)c2nc(Cl)c(N)nc2N)C1. The average molecular weight is 313 g/mol. The number of nitrogens with zero attached hydrogens (tertiary/aromatic N) is 4. The van der Waals surface area contributed by atoms with Crippen LogP contribution in [0.15, 0.2) is 4.99 Å². The first-order valence-electron chi connectivity index (χ1n) is 6.28. The van der Waals surface area contributed by atoms with E-state index < -0.39 is 5.91 Å². The Bertz CT molecular complexity index is 590. The van der Waals surface area contributed by atoms with Crippen LogP contribution in [-0.2, 0) is 0 Å². The number of nitrogens with one attached hydrogen (secondary N) is 1. The number of hydrogen-bond acceptors (Lipinski definition) is 7. The number of likely N-dealkylation sites (tertiary alicyclic amines) is 1. The van der Waals surface area contributed by atoms with Crippen LogP contribution in [0.3, 0.4) is 0 Å². The fourth-order valence-corrected chi connectivity index (χ4v) is 2.16. The topological polar surface area (TPSA) is 149 Å². The number of halogens is 1. The maximum atomic E-state index is 12.0. The van der Waals surface area contributed by atoms with E-state index in [0.29, 0.717) is 0 Å². The molecule has 1 atom stereocenters. The Labute approximate surface area is 126 Å². The predicted molar refractivity (Wildman–Crippen MR) is 80.9 cm³/mol. The molecule has 9 nitrogen and oxygen atoms in total. The molecule has 114 valence electrons. The molecule has 1 aromatic rings. The molecular weight excluding hydrogens is 296 g/mol. The number of likely N-dealkylation sites (N-methyl/N-ethyl adjacent to an activating group) is 1. The van der Waals surface area contributed by atoms with Crippen molar-refractivity contribution >= 4 is 35.1 Å². The lowest BCUT2D eigenvalue weighted by Gasteiger charge is -2.09. The molecule has 0 bridgehead atoms. The summed E-state index contributed by atoms with van der Waals surface area (Å²) in [6.07, 6.45) is 0.892. The lowest BCUT2D eigenvalue weighted by atomic mass is 10.3. The summed E-state index contributed by atoms with van der Waals surface area (Å²) in [7, 11) is 2.00. The second-order valence-corrected chi connectivity index (χ2v) is 5.16. The number of carbonyl (C=O) groups is 1. The summed E-state index contributed by atoms with van der Waals surface area (Å²) in [6.45, 7) is 1.74. The normalized spacial score (nSPS) is 19.7. The average Bonchev–Trinajstić information content (AvgIpc) is 2.78. The molecule has 1 aliphatic rings. The van der Waals surface area contributed by atoms with Crippen molar-refractivity contribution in [2.45, 2.75) is 12.5 Å². The second-order valence-electron chi connectivity index (χ2n) is 4.81. The van der Waals surface area contributed by atoms with Gasteiger partial charge in [0.25, 0.3) is 5.91 Å². The number of rotatable bonds is 2. The molecule has 1 fully saturated rings. The van der Waals surface area contributed by atoms with Crippen molar-refractivity contribution in [3.05, 3.63) is 10.8 Å². The number of guanidine groups is 1. The fourth-order valence-electron chi connectivity index (χ4n) is 2.03. The van der Waals surface area contributed by atoms with Gasteiger partial charge in [0.2, 0.25) is 0 Å². The minimum atomic E-state index is -0.630. The number of aliphatic imine (C=N–C) groups is 1. The van der Waals surface area contributed by atoms with Crippen molar-refractivity contribution in [3.8, 4) is 0 Å². The largest absolute Gasteiger partial charge is 0.382 e. The predicted octanol–water partition coefficient (Wildman–Crippen LogP) is -0.957. The van der Waals surface area contributed by atoms with Crippen LogP contribution in [0.2, 0.25) is 5.15 Å². The van der Waals surface area contributed by atoms with Gasteiger partial charge in [-0.05, 0) is 20.0 Å². The first kappa shape index (κ1) is 15.3. The smallest absolute Gasteiger partial charge is 0.280 e. The first-order valence-corrected chi connectivity index (χ1v) is 6.66. The zero-order valence-electron chi connectivity index (χ0n) is 11.5. The maximum absolute atomic E-state index is 12.0. The van der Waals surface area contributed by atoms with Gasteiger partial charge in [-0.1, -0.05) is 11.6 Å². The van der Waals surface area contributed by atoms with E-state index in [4.69, 9.17) is 28.8 Å². The molecule has 2 heterocycles. The molecule has 1 aliphatic heterocycles. The summed E-state index contributed by atoms with van der Waals surface area (Å²) in [4.78, 5) is 25.9. The van der Waals surface area contributed by atoms with Crippen LogP contribution in [0.1, 0.15) is 16.9 Å². The van der Waals surface area contributed by atoms with Crippen LogP contribution in [0.25, 0.3) is 0 Å². The minimum Gasteiger partial charge on any atom is -0.382 e. The highest BCUT2D eigenvalue weighted by atomic mass is 35.5. The Morgan fingerprint density at radius 2 is 2.14 bits per heavy atom. The number of carbonyl (C=O) groups excluding carboxylic acids is 1. The Hall–Kier alpha value is -2.13. The van der Waals surface area contributed by atoms with E-state index in [1.54, 1.807) is 0 Å². The maximum Gasteiger partial charge on any atom is 0.280 e. The van der Waals surface area contributed by atoms with Crippen LogP contribution in [-0.4, -0.2) is 52.9 Å². The van der Waals surface area contributed by atoms with E-state index >= 15 is 0 Å². The highest BCUT2D eigenvalue weighted by Crippen LogP contribution is 2.17. The molecule has 2 rings (SSSR count). The summed E-state index contributed by atoms with van der Waals surface area (Å²) in [5.41, 5.74) is 16.6. The molecule has 10 heteroatoms. The van der Waals surface area contributed by atoms with Gasteiger partial charge in [0, 0.05) is 6.54 Å². The third-order valence-electron chi connectivity index (χ3n) is 3.05. The number of anilines is 2. The Morgan fingerprint density at radius 3 is 2.76 bits per heavy atom. The summed E-state index contributed by atoms with van der Waals surface area (Å²) >= 11 is 5.72. The van der Waals surface area contributed by atoms with Gasteiger partial charge in [0.15, 0.2) is 28.4 Å². The third kappa shape index (κ3) is 3.70. The molecule has 0 spiro atoms. The number of aromatic nitrogens is 2.